The van der Waals surface area contributed by atoms with Gasteiger partial charge in [0, 0.05) is 23.3 Å². The van der Waals surface area contributed by atoms with Crippen LogP contribution in [0.3, 0.4) is 0 Å². The first-order chi connectivity index (χ1) is 9.02. The van der Waals surface area contributed by atoms with Gasteiger partial charge in [0.05, 0.1) is 0 Å². The highest BCUT2D eigenvalue weighted by Crippen LogP contribution is 2.37. The first-order valence-electron chi connectivity index (χ1n) is 6.41. The Bertz CT molecular complexity index is 494. The number of carboxylic acids is 1. The molecule has 0 atom stereocenters. The minimum absolute atomic E-state index is 0.207. The number of carboxylic acid groups (broad SMARTS) is 1. The molecule has 0 bridgehead atoms. The molecule has 6 heteroatoms. The smallest absolute Gasteiger partial charge is 0.323 e. The summed E-state index contributed by atoms with van der Waals surface area (Å²) in [5.41, 5.74) is 0.573. The summed E-state index contributed by atoms with van der Waals surface area (Å²) in [6, 6.07) is 2.16. The number of nitrogens with zero attached hydrogens (tertiary/aromatic N) is 2. The number of aromatic nitrogens is 1. The molecule has 2 rings (SSSR count). The van der Waals surface area contributed by atoms with Gasteiger partial charge in [-0.15, -0.1) is 0 Å². The van der Waals surface area contributed by atoms with Crippen LogP contribution in [0.25, 0.3) is 0 Å². The quantitative estimate of drug-likeness (QED) is 0.872. The first kappa shape index (κ1) is 14.1. The van der Waals surface area contributed by atoms with E-state index in [0.717, 1.165) is 23.7 Å². The van der Waals surface area contributed by atoms with Crippen molar-refractivity contribution < 1.29 is 14.7 Å². The van der Waals surface area contributed by atoms with Crippen LogP contribution in [0.5, 0.6) is 0 Å². The van der Waals surface area contributed by atoms with E-state index in [1.54, 1.807) is 6.07 Å². The van der Waals surface area contributed by atoms with Crippen molar-refractivity contribution in [1.29, 1.82) is 0 Å². The molecule has 1 fully saturated rings. The van der Waals surface area contributed by atoms with Crippen LogP contribution in [-0.4, -0.2) is 39.5 Å². The summed E-state index contributed by atoms with van der Waals surface area (Å²) < 4.78 is 2.81. The van der Waals surface area contributed by atoms with E-state index < -0.39 is 5.97 Å². The zero-order valence-corrected chi connectivity index (χ0v) is 12.4. The van der Waals surface area contributed by atoms with Crippen molar-refractivity contribution >= 4 is 27.8 Å². The van der Waals surface area contributed by atoms with E-state index in [0.29, 0.717) is 18.3 Å². The van der Waals surface area contributed by atoms with Gasteiger partial charge < -0.3 is 14.6 Å². The van der Waals surface area contributed by atoms with Crippen molar-refractivity contribution in [3.63, 3.8) is 0 Å². The van der Waals surface area contributed by atoms with Gasteiger partial charge in [-0.2, -0.15) is 0 Å². The van der Waals surface area contributed by atoms with Crippen LogP contribution in [0.15, 0.2) is 16.7 Å². The molecular weight excluding hydrogens is 312 g/mol. The molecule has 1 saturated carbocycles. The van der Waals surface area contributed by atoms with E-state index in [9.17, 15) is 9.59 Å². The van der Waals surface area contributed by atoms with Crippen molar-refractivity contribution in [3.05, 3.63) is 22.4 Å². The van der Waals surface area contributed by atoms with Crippen LogP contribution < -0.4 is 0 Å². The predicted molar refractivity (Wildman–Crippen MR) is 74.2 cm³/mol. The molecule has 0 radical (unpaired) electrons. The SMILES string of the molecule is CCCN(CC(=O)O)C(=O)c1cc(Br)cn1C1CC1. The molecule has 5 nitrogen and oxygen atoms in total. The van der Waals surface area contributed by atoms with Crippen molar-refractivity contribution in [2.24, 2.45) is 0 Å². The molecule has 1 amide bonds. The average molecular weight is 329 g/mol. The van der Waals surface area contributed by atoms with E-state index in [1.807, 2.05) is 17.7 Å². The minimum atomic E-state index is -0.981. The van der Waals surface area contributed by atoms with E-state index >= 15 is 0 Å². The van der Waals surface area contributed by atoms with Crippen LogP contribution in [-0.2, 0) is 4.79 Å². The molecule has 0 aliphatic heterocycles. The van der Waals surface area contributed by atoms with Crippen molar-refractivity contribution in [1.82, 2.24) is 9.47 Å². The summed E-state index contributed by atoms with van der Waals surface area (Å²) in [6.07, 6.45) is 4.79. The van der Waals surface area contributed by atoms with Crippen LogP contribution >= 0.6 is 15.9 Å². The third-order valence-electron chi connectivity index (χ3n) is 3.08. The summed E-state index contributed by atoms with van der Waals surface area (Å²) in [4.78, 5) is 24.7. The number of hydrogen-bond donors (Lipinski definition) is 1. The van der Waals surface area contributed by atoms with Gasteiger partial charge in [-0.05, 0) is 41.3 Å². The molecule has 1 aromatic rings. The predicted octanol–water partition coefficient (Wildman–Crippen LogP) is 2.52. The summed E-state index contributed by atoms with van der Waals surface area (Å²) in [6.45, 7) is 2.14. The Morgan fingerprint density at radius 1 is 1.53 bits per heavy atom. The maximum Gasteiger partial charge on any atom is 0.323 e. The normalized spacial score (nSPS) is 14.4. The topological polar surface area (TPSA) is 62.5 Å². The van der Waals surface area contributed by atoms with E-state index in [1.165, 1.54) is 4.90 Å². The molecule has 1 aliphatic rings. The van der Waals surface area contributed by atoms with Gasteiger partial charge in [-0.3, -0.25) is 9.59 Å². The molecule has 1 aliphatic carbocycles. The van der Waals surface area contributed by atoms with Crippen LogP contribution in [0.4, 0.5) is 0 Å². The van der Waals surface area contributed by atoms with Gasteiger partial charge in [0.2, 0.25) is 0 Å². The molecule has 0 saturated heterocycles. The molecule has 0 aromatic carbocycles. The Morgan fingerprint density at radius 3 is 2.74 bits per heavy atom. The van der Waals surface area contributed by atoms with Crippen LogP contribution in [0.2, 0.25) is 0 Å². The number of amides is 1. The number of aliphatic carboxylic acids is 1. The fourth-order valence-corrected chi connectivity index (χ4v) is 2.56. The van der Waals surface area contributed by atoms with Gasteiger partial charge in [-0.25, -0.2) is 0 Å². The number of carbonyl (C=O) groups is 2. The second-order valence-corrected chi connectivity index (χ2v) is 5.72. The maximum atomic E-state index is 12.5. The van der Waals surface area contributed by atoms with Gasteiger partial charge in [0.15, 0.2) is 0 Å². The third kappa shape index (κ3) is 3.37. The second kappa shape index (κ2) is 5.77. The van der Waals surface area contributed by atoms with E-state index in [-0.39, 0.29) is 12.5 Å². The fourth-order valence-electron chi connectivity index (χ4n) is 2.12. The zero-order chi connectivity index (χ0) is 14.0. The molecular formula is C13H17BrN2O3. The lowest BCUT2D eigenvalue weighted by Gasteiger charge is -2.20. The monoisotopic (exact) mass is 328 g/mol. The lowest BCUT2D eigenvalue weighted by atomic mass is 10.3. The van der Waals surface area contributed by atoms with Crippen molar-refractivity contribution in [2.75, 3.05) is 13.1 Å². The average Bonchev–Trinajstić information content (AvgIpc) is 3.10. The van der Waals surface area contributed by atoms with Crippen LogP contribution in [0.1, 0.15) is 42.7 Å². The Kier molecular flexibility index (Phi) is 4.29. The van der Waals surface area contributed by atoms with Gasteiger partial charge >= 0.3 is 5.97 Å². The highest BCUT2D eigenvalue weighted by molar-refractivity contribution is 9.10. The molecule has 1 heterocycles. The Morgan fingerprint density at radius 2 is 2.21 bits per heavy atom. The van der Waals surface area contributed by atoms with Gasteiger partial charge in [0.25, 0.3) is 5.91 Å². The highest BCUT2D eigenvalue weighted by atomic mass is 79.9. The third-order valence-corrected chi connectivity index (χ3v) is 3.52. The molecule has 0 unspecified atom stereocenters. The van der Waals surface area contributed by atoms with Gasteiger partial charge in [0.1, 0.15) is 12.2 Å². The Hall–Kier alpha value is -1.30. The molecule has 0 spiro atoms. The fraction of sp³-hybridized carbons (Fsp3) is 0.538. The van der Waals surface area contributed by atoms with Crippen molar-refractivity contribution in [2.45, 2.75) is 32.2 Å². The number of halogens is 1. The van der Waals surface area contributed by atoms with Crippen LogP contribution in [0, 0.1) is 0 Å². The largest absolute Gasteiger partial charge is 0.480 e. The number of hydrogen-bond acceptors (Lipinski definition) is 2. The summed E-state index contributed by atoms with van der Waals surface area (Å²) >= 11 is 3.38. The molecule has 19 heavy (non-hydrogen) atoms. The standard InChI is InChI=1S/C13H17BrN2O3/c1-2-5-15(8-12(17)18)13(19)11-6-9(14)7-16(11)10-3-4-10/h6-7,10H,2-5,8H2,1H3,(H,17,18). The van der Waals surface area contributed by atoms with E-state index in [4.69, 9.17) is 5.11 Å². The lowest BCUT2D eigenvalue weighted by molar-refractivity contribution is -0.137. The zero-order valence-electron chi connectivity index (χ0n) is 10.8. The maximum absolute atomic E-state index is 12.5. The number of carbonyl (C=O) groups excluding carboxylic acids is 1. The minimum Gasteiger partial charge on any atom is -0.480 e. The summed E-state index contributed by atoms with van der Waals surface area (Å²) in [7, 11) is 0. The Balaban J connectivity index is 2.22. The molecule has 104 valence electrons. The Labute approximate surface area is 120 Å². The second-order valence-electron chi connectivity index (χ2n) is 4.80. The van der Waals surface area contributed by atoms with E-state index in [2.05, 4.69) is 15.9 Å². The summed E-state index contributed by atoms with van der Waals surface area (Å²) in [5, 5.41) is 8.89. The highest BCUT2D eigenvalue weighted by Gasteiger charge is 2.29. The van der Waals surface area contributed by atoms with Gasteiger partial charge in [-0.1, -0.05) is 6.92 Å². The molecule has 1 N–H and O–H groups in total. The lowest BCUT2D eigenvalue weighted by Crippen LogP contribution is -2.37. The summed E-state index contributed by atoms with van der Waals surface area (Å²) in [5.74, 6) is -1.19. The van der Waals surface area contributed by atoms with Crippen molar-refractivity contribution in [3.8, 4) is 0 Å². The first-order valence-corrected chi connectivity index (χ1v) is 7.20. The number of rotatable bonds is 6. The molecule has 1 aromatic heterocycles.